The highest BCUT2D eigenvalue weighted by Gasteiger charge is 2.35. The zero-order valence-corrected chi connectivity index (χ0v) is 16.9. The van der Waals surface area contributed by atoms with E-state index < -0.39 is 41.8 Å². The lowest BCUT2D eigenvalue weighted by Crippen LogP contribution is -2.46. The standard InChI is InChI=1S/C21H30O7/c1-14-19(27-16-8-6-5-7-9-16)17(22)13-25-11-10-15(20(24)26-14)12-18(23)28-21(2,3)4/h5-9,14-15,17,19,22H,10-13H2,1-4H3/t14-,15+,17-,19-/m0/s1. The number of aliphatic hydroxyl groups excluding tert-OH is 1. The molecule has 28 heavy (non-hydrogen) atoms. The molecule has 0 unspecified atom stereocenters. The largest absolute Gasteiger partial charge is 0.484 e. The van der Waals surface area contributed by atoms with Crippen molar-refractivity contribution in [2.45, 2.75) is 64.4 Å². The number of carbonyl (C=O) groups excluding carboxylic acids is 2. The Kier molecular flexibility index (Phi) is 7.83. The van der Waals surface area contributed by atoms with E-state index in [0.29, 0.717) is 12.2 Å². The number of aliphatic hydroxyl groups is 1. The van der Waals surface area contributed by atoms with Gasteiger partial charge < -0.3 is 24.1 Å². The van der Waals surface area contributed by atoms with Gasteiger partial charge in [-0.25, -0.2) is 0 Å². The van der Waals surface area contributed by atoms with E-state index in [4.69, 9.17) is 18.9 Å². The molecule has 0 aromatic heterocycles. The topological polar surface area (TPSA) is 91.3 Å². The van der Waals surface area contributed by atoms with Gasteiger partial charge in [0.1, 0.15) is 23.6 Å². The molecule has 0 spiro atoms. The predicted molar refractivity (Wildman–Crippen MR) is 102 cm³/mol. The maximum absolute atomic E-state index is 12.6. The molecule has 1 aromatic rings. The Morgan fingerprint density at radius 1 is 1.25 bits per heavy atom. The minimum absolute atomic E-state index is 0.0402. The van der Waals surface area contributed by atoms with Crippen molar-refractivity contribution >= 4 is 11.9 Å². The Labute approximate surface area is 165 Å². The van der Waals surface area contributed by atoms with E-state index in [1.54, 1.807) is 39.8 Å². The fraction of sp³-hybridized carbons (Fsp3) is 0.619. The second kappa shape index (κ2) is 9.89. The number of rotatable bonds is 4. The second-order valence-electron chi connectivity index (χ2n) is 7.96. The number of hydrogen-bond acceptors (Lipinski definition) is 7. The number of para-hydroxylation sites is 1. The highest BCUT2D eigenvalue weighted by Crippen LogP contribution is 2.22. The molecule has 1 heterocycles. The van der Waals surface area contributed by atoms with E-state index in [-0.39, 0.29) is 19.6 Å². The van der Waals surface area contributed by atoms with Crippen LogP contribution in [0, 0.1) is 5.92 Å². The molecule has 0 saturated carbocycles. The Morgan fingerprint density at radius 2 is 1.93 bits per heavy atom. The normalized spacial score (nSPS) is 26.8. The summed E-state index contributed by atoms with van der Waals surface area (Å²) in [5.41, 5.74) is -0.626. The molecule has 4 atom stereocenters. The van der Waals surface area contributed by atoms with Crippen molar-refractivity contribution < 1.29 is 33.6 Å². The van der Waals surface area contributed by atoms with Gasteiger partial charge in [-0.2, -0.15) is 0 Å². The fourth-order valence-corrected chi connectivity index (χ4v) is 2.90. The van der Waals surface area contributed by atoms with Crippen LogP contribution in [0.5, 0.6) is 5.75 Å². The van der Waals surface area contributed by atoms with Gasteiger partial charge in [-0.3, -0.25) is 9.59 Å². The van der Waals surface area contributed by atoms with Crippen LogP contribution in [-0.2, 0) is 23.8 Å². The molecule has 1 fully saturated rings. The van der Waals surface area contributed by atoms with Crippen molar-refractivity contribution in [2.24, 2.45) is 5.92 Å². The van der Waals surface area contributed by atoms with Gasteiger partial charge in [0, 0.05) is 6.61 Å². The summed E-state index contributed by atoms with van der Waals surface area (Å²) in [6, 6.07) is 8.99. The third-order valence-corrected chi connectivity index (χ3v) is 4.22. The minimum atomic E-state index is -0.967. The molecule has 1 aliphatic heterocycles. The van der Waals surface area contributed by atoms with E-state index in [1.165, 1.54) is 0 Å². The number of benzene rings is 1. The van der Waals surface area contributed by atoms with Crippen LogP contribution >= 0.6 is 0 Å². The Balaban J connectivity index is 2.07. The quantitative estimate of drug-likeness (QED) is 0.785. The fourth-order valence-electron chi connectivity index (χ4n) is 2.90. The van der Waals surface area contributed by atoms with Crippen LogP contribution in [0.3, 0.4) is 0 Å². The van der Waals surface area contributed by atoms with Crippen LogP contribution in [0.2, 0.25) is 0 Å². The molecule has 0 radical (unpaired) electrons. The average Bonchev–Trinajstić information content (AvgIpc) is 2.60. The summed E-state index contributed by atoms with van der Waals surface area (Å²) in [6.45, 7) is 7.23. The van der Waals surface area contributed by atoms with Crippen molar-refractivity contribution in [1.29, 1.82) is 0 Å². The number of carbonyl (C=O) groups is 2. The number of ether oxygens (including phenoxy) is 4. The third-order valence-electron chi connectivity index (χ3n) is 4.22. The Hall–Kier alpha value is -2.12. The predicted octanol–water partition coefficient (Wildman–Crippen LogP) is 2.49. The van der Waals surface area contributed by atoms with E-state index in [0.717, 1.165) is 0 Å². The van der Waals surface area contributed by atoms with Crippen molar-refractivity contribution in [2.75, 3.05) is 13.2 Å². The van der Waals surface area contributed by atoms with Crippen LogP contribution in [0.1, 0.15) is 40.5 Å². The van der Waals surface area contributed by atoms with Gasteiger partial charge in [0.15, 0.2) is 6.10 Å². The lowest BCUT2D eigenvalue weighted by molar-refractivity contribution is -0.171. The first-order valence-corrected chi connectivity index (χ1v) is 9.55. The van der Waals surface area contributed by atoms with Gasteiger partial charge in [-0.1, -0.05) is 18.2 Å². The first kappa shape index (κ1) is 22.2. The van der Waals surface area contributed by atoms with Crippen molar-refractivity contribution in [3.05, 3.63) is 30.3 Å². The highest BCUT2D eigenvalue weighted by molar-refractivity contribution is 5.80. The molecule has 1 N–H and O–H groups in total. The molecule has 0 bridgehead atoms. The van der Waals surface area contributed by atoms with Crippen molar-refractivity contribution in [1.82, 2.24) is 0 Å². The zero-order valence-electron chi connectivity index (χ0n) is 16.9. The number of esters is 2. The minimum Gasteiger partial charge on any atom is -0.484 e. The second-order valence-corrected chi connectivity index (χ2v) is 7.96. The molecule has 2 rings (SSSR count). The molecule has 156 valence electrons. The van der Waals surface area contributed by atoms with Gasteiger partial charge in [0.05, 0.1) is 18.9 Å². The summed E-state index contributed by atoms with van der Waals surface area (Å²) in [5, 5.41) is 10.4. The lowest BCUT2D eigenvalue weighted by Gasteiger charge is -2.31. The summed E-state index contributed by atoms with van der Waals surface area (Å²) >= 11 is 0. The van der Waals surface area contributed by atoms with Crippen LogP contribution in [0.15, 0.2) is 30.3 Å². The summed E-state index contributed by atoms with van der Waals surface area (Å²) < 4.78 is 22.2. The molecular formula is C21H30O7. The average molecular weight is 394 g/mol. The Bertz CT molecular complexity index is 638. The van der Waals surface area contributed by atoms with Crippen LogP contribution in [-0.4, -0.2) is 54.2 Å². The number of cyclic esters (lactones) is 1. The molecule has 7 nitrogen and oxygen atoms in total. The van der Waals surface area contributed by atoms with E-state index >= 15 is 0 Å². The molecular weight excluding hydrogens is 364 g/mol. The molecule has 0 aliphatic carbocycles. The molecule has 1 aromatic carbocycles. The van der Waals surface area contributed by atoms with E-state index in [9.17, 15) is 14.7 Å². The number of hydrogen-bond donors (Lipinski definition) is 1. The van der Waals surface area contributed by atoms with Gasteiger partial charge in [-0.15, -0.1) is 0 Å². The van der Waals surface area contributed by atoms with E-state index in [1.807, 2.05) is 18.2 Å². The maximum atomic E-state index is 12.6. The first-order valence-electron chi connectivity index (χ1n) is 9.55. The van der Waals surface area contributed by atoms with Crippen LogP contribution in [0.25, 0.3) is 0 Å². The molecule has 0 amide bonds. The molecule has 1 aliphatic rings. The summed E-state index contributed by atoms with van der Waals surface area (Å²) in [7, 11) is 0. The van der Waals surface area contributed by atoms with Crippen molar-refractivity contribution in [3.63, 3.8) is 0 Å². The lowest BCUT2D eigenvalue weighted by atomic mass is 10.0. The van der Waals surface area contributed by atoms with Crippen molar-refractivity contribution in [3.8, 4) is 5.75 Å². The monoisotopic (exact) mass is 394 g/mol. The van der Waals surface area contributed by atoms with Crippen LogP contribution < -0.4 is 4.74 Å². The van der Waals surface area contributed by atoms with Gasteiger partial charge in [0.25, 0.3) is 0 Å². The summed E-state index contributed by atoms with van der Waals surface area (Å²) in [6.07, 6.45) is -2.27. The highest BCUT2D eigenvalue weighted by atomic mass is 16.6. The summed E-state index contributed by atoms with van der Waals surface area (Å²) in [4.78, 5) is 24.8. The third kappa shape index (κ3) is 7.13. The van der Waals surface area contributed by atoms with Crippen LogP contribution in [0.4, 0.5) is 0 Å². The van der Waals surface area contributed by atoms with Gasteiger partial charge >= 0.3 is 11.9 Å². The van der Waals surface area contributed by atoms with Gasteiger partial charge in [0.2, 0.25) is 0 Å². The zero-order chi connectivity index (χ0) is 20.7. The molecule has 1 saturated heterocycles. The smallest absolute Gasteiger partial charge is 0.310 e. The maximum Gasteiger partial charge on any atom is 0.310 e. The summed E-state index contributed by atoms with van der Waals surface area (Å²) in [5.74, 6) is -1.12. The first-order chi connectivity index (χ1) is 13.2. The Morgan fingerprint density at radius 3 is 2.57 bits per heavy atom. The molecule has 7 heteroatoms. The van der Waals surface area contributed by atoms with Gasteiger partial charge in [-0.05, 0) is 46.2 Å². The van der Waals surface area contributed by atoms with E-state index in [2.05, 4.69) is 0 Å². The SMILES string of the molecule is C[C@@H]1OC(=O)[C@@H](CC(=O)OC(C)(C)C)CCOC[C@H](O)[C@H]1Oc1ccccc1.